The maximum absolute atomic E-state index is 12.5. The Morgan fingerprint density at radius 2 is 2.05 bits per heavy atom. The second kappa shape index (κ2) is 6.37. The smallest absolute Gasteiger partial charge is 0.263 e. The van der Waals surface area contributed by atoms with Crippen LogP contribution in [0.15, 0.2) is 12.1 Å². The number of carbonyl (C=O) groups excluding carboxylic acids is 2. The molecule has 0 aliphatic carbocycles. The number of amides is 2. The minimum atomic E-state index is -0.169. The second-order valence-corrected chi connectivity index (χ2v) is 6.52. The van der Waals surface area contributed by atoms with E-state index < -0.39 is 0 Å². The molecule has 1 unspecified atom stereocenters. The Morgan fingerprint density at radius 3 is 2.65 bits per heavy atom. The Bertz CT molecular complexity index is 500. The zero-order valence-electron chi connectivity index (χ0n) is 12.2. The molecule has 5 nitrogen and oxygen atoms in total. The molecule has 2 amide bonds. The number of rotatable bonds is 2. The van der Waals surface area contributed by atoms with Crippen molar-refractivity contribution in [3.8, 4) is 0 Å². The summed E-state index contributed by atoms with van der Waals surface area (Å²) in [6, 6.07) is 3.82. The first kappa shape index (κ1) is 15.0. The molecular formula is C14H21N3O2S. The number of aryl methyl sites for hydroxylation is 1. The Balaban J connectivity index is 2.13. The van der Waals surface area contributed by atoms with Crippen molar-refractivity contribution in [3.05, 3.63) is 21.9 Å². The predicted octanol–water partition coefficient (Wildman–Crippen LogP) is 0.806. The van der Waals surface area contributed by atoms with Gasteiger partial charge in [-0.25, -0.2) is 0 Å². The molecule has 110 valence electrons. The molecule has 6 heteroatoms. The zero-order valence-corrected chi connectivity index (χ0v) is 13.0. The first-order valence-corrected chi connectivity index (χ1v) is 7.58. The third-order valence-electron chi connectivity index (χ3n) is 3.58. The summed E-state index contributed by atoms with van der Waals surface area (Å²) < 4.78 is 0. The van der Waals surface area contributed by atoms with E-state index in [1.807, 2.05) is 26.1 Å². The van der Waals surface area contributed by atoms with E-state index in [0.29, 0.717) is 19.6 Å². The summed E-state index contributed by atoms with van der Waals surface area (Å²) >= 11 is 1.51. The Kier molecular flexibility index (Phi) is 4.77. The van der Waals surface area contributed by atoms with Crippen LogP contribution in [0.3, 0.4) is 0 Å². The van der Waals surface area contributed by atoms with Gasteiger partial charge in [-0.3, -0.25) is 9.59 Å². The molecule has 1 aromatic heterocycles. The molecule has 1 aliphatic rings. The minimum absolute atomic E-state index is 0.00101. The van der Waals surface area contributed by atoms with Crippen molar-refractivity contribution in [1.29, 1.82) is 0 Å². The topological polar surface area (TPSA) is 52.7 Å². The Hall–Kier alpha value is -1.40. The number of hydrogen-bond acceptors (Lipinski definition) is 4. The average Bonchev–Trinajstić information content (AvgIpc) is 2.76. The van der Waals surface area contributed by atoms with Crippen LogP contribution in [0.25, 0.3) is 0 Å². The summed E-state index contributed by atoms with van der Waals surface area (Å²) in [4.78, 5) is 30.2. The average molecular weight is 295 g/mol. The van der Waals surface area contributed by atoms with Crippen LogP contribution >= 0.6 is 11.3 Å². The van der Waals surface area contributed by atoms with Gasteiger partial charge in [0.1, 0.15) is 0 Å². The summed E-state index contributed by atoms with van der Waals surface area (Å²) in [5.41, 5.74) is 0. The van der Waals surface area contributed by atoms with Crippen molar-refractivity contribution in [2.45, 2.75) is 6.92 Å². The standard InChI is InChI=1S/C14H21N3O2S/c1-10-4-5-12(20-10)14(19)17-7-6-16(3)8-11(9-17)13(18)15-2/h4-5,11H,6-9H2,1-3H3,(H,15,18). The number of nitrogens with zero attached hydrogens (tertiary/aromatic N) is 2. The molecule has 0 spiro atoms. The van der Waals surface area contributed by atoms with Gasteiger partial charge in [0.25, 0.3) is 5.91 Å². The molecule has 1 fully saturated rings. The number of likely N-dealkylation sites (N-methyl/N-ethyl adjacent to an activating group) is 1. The van der Waals surface area contributed by atoms with Crippen molar-refractivity contribution in [3.63, 3.8) is 0 Å². The Morgan fingerprint density at radius 1 is 1.30 bits per heavy atom. The van der Waals surface area contributed by atoms with E-state index in [9.17, 15) is 9.59 Å². The largest absolute Gasteiger partial charge is 0.359 e. The molecule has 2 heterocycles. The van der Waals surface area contributed by atoms with E-state index in [2.05, 4.69) is 10.2 Å². The fourth-order valence-electron chi connectivity index (χ4n) is 2.43. The van der Waals surface area contributed by atoms with Crippen LogP contribution in [-0.2, 0) is 4.79 Å². The second-order valence-electron chi connectivity index (χ2n) is 5.23. The van der Waals surface area contributed by atoms with E-state index in [0.717, 1.165) is 16.3 Å². The number of hydrogen-bond donors (Lipinski definition) is 1. The molecule has 0 bridgehead atoms. The molecular weight excluding hydrogens is 274 g/mol. The SMILES string of the molecule is CNC(=O)C1CN(C)CCN(C(=O)c2ccc(C)s2)C1. The monoisotopic (exact) mass is 295 g/mol. The van der Waals surface area contributed by atoms with Crippen molar-refractivity contribution in [2.24, 2.45) is 5.92 Å². The third-order valence-corrected chi connectivity index (χ3v) is 4.57. The van der Waals surface area contributed by atoms with Crippen LogP contribution in [-0.4, -0.2) is 61.9 Å². The first-order valence-electron chi connectivity index (χ1n) is 6.77. The van der Waals surface area contributed by atoms with Gasteiger partial charge in [-0.1, -0.05) is 0 Å². The number of carbonyl (C=O) groups is 2. The third kappa shape index (κ3) is 3.37. The van der Waals surface area contributed by atoms with Crippen molar-refractivity contribution < 1.29 is 9.59 Å². The van der Waals surface area contributed by atoms with Crippen LogP contribution in [0.5, 0.6) is 0 Å². The molecule has 1 saturated heterocycles. The molecule has 0 radical (unpaired) electrons. The number of thiophene rings is 1. The molecule has 20 heavy (non-hydrogen) atoms. The summed E-state index contributed by atoms with van der Waals surface area (Å²) in [5.74, 6) is -0.135. The molecule has 2 rings (SSSR count). The summed E-state index contributed by atoms with van der Waals surface area (Å²) in [6.07, 6.45) is 0. The molecule has 1 N–H and O–H groups in total. The lowest BCUT2D eigenvalue weighted by molar-refractivity contribution is -0.125. The van der Waals surface area contributed by atoms with Gasteiger partial charge in [-0.2, -0.15) is 0 Å². The van der Waals surface area contributed by atoms with Gasteiger partial charge in [-0.05, 0) is 26.1 Å². The highest BCUT2D eigenvalue weighted by atomic mass is 32.1. The zero-order chi connectivity index (χ0) is 14.7. The lowest BCUT2D eigenvalue weighted by atomic mass is 10.1. The minimum Gasteiger partial charge on any atom is -0.359 e. The number of nitrogens with one attached hydrogen (secondary N) is 1. The maximum atomic E-state index is 12.5. The van der Waals surface area contributed by atoms with Gasteiger partial charge in [0.15, 0.2) is 0 Å². The van der Waals surface area contributed by atoms with Gasteiger partial charge < -0.3 is 15.1 Å². The Labute approximate surface area is 123 Å². The molecule has 1 aromatic rings. The summed E-state index contributed by atoms with van der Waals surface area (Å²) in [5, 5.41) is 2.69. The van der Waals surface area contributed by atoms with Gasteiger partial charge in [0.2, 0.25) is 5.91 Å². The fraction of sp³-hybridized carbons (Fsp3) is 0.571. The molecule has 0 saturated carbocycles. The summed E-state index contributed by atoms with van der Waals surface area (Å²) in [6.45, 7) is 4.63. The van der Waals surface area contributed by atoms with Crippen LogP contribution in [0.2, 0.25) is 0 Å². The normalized spacial score (nSPS) is 20.6. The van der Waals surface area contributed by atoms with Gasteiger partial charge >= 0.3 is 0 Å². The molecule has 1 atom stereocenters. The van der Waals surface area contributed by atoms with Gasteiger partial charge in [0.05, 0.1) is 10.8 Å². The van der Waals surface area contributed by atoms with Crippen LogP contribution < -0.4 is 5.32 Å². The highest BCUT2D eigenvalue weighted by Crippen LogP contribution is 2.19. The van der Waals surface area contributed by atoms with Crippen molar-refractivity contribution >= 4 is 23.2 Å². The molecule has 1 aliphatic heterocycles. The van der Waals surface area contributed by atoms with E-state index >= 15 is 0 Å². The maximum Gasteiger partial charge on any atom is 0.263 e. The first-order chi connectivity index (χ1) is 9.51. The molecule has 0 aromatic carbocycles. The van der Waals surface area contributed by atoms with E-state index in [1.165, 1.54) is 11.3 Å². The lowest BCUT2D eigenvalue weighted by Gasteiger charge is -2.22. The summed E-state index contributed by atoms with van der Waals surface area (Å²) in [7, 11) is 3.63. The van der Waals surface area contributed by atoms with E-state index in [-0.39, 0.29) is 17.7 Å². The van der Waals surface area contributed by atoms with Crippen molar-refractivity contribution in [1.82, 2.24) is 15.1 Å². The van der Waals surface area contributed by atoms with Crippen LogP contribution in [0.4, 0.5) is 0 Å². The highest BCUT2D eigenvalue weighted by molar-refractivity contribution is 7.13. The highest BCUT2D eigenvalue weighted by Gasteiger charge is 2.29. The van der Waals surface area contributed by atoms with Crippen LogP contribution in [0.1, 0.15) is 14.5 Å². The quantitative estimate of drug-likeness (QED) is 0.878. The van der Waals surface area contributed by atoms with Crippen LogP contribution in [0, 0.1) is 12.8 Å². The fourth-order valence-corrected chi connectivity index (χ4v) is 3.27. The predicted molar refractivity (Wildman–Crippen MR) is 80.0 cm³/mol. The van der Waals surface area contributed by atoms with E-state index in [4.69, 9.17) is 0 Å². The van der Waals surface area contributed by atoms with Gasteiger partial charge in [0, 0.05) is 38.1 Å². The van der Waals surface area contributed by atoms with E-state index in [1.54, 1.807) is 11.9 Å². The lowest BCUT2D eigenvalue weighted by Crippen LogP contribution is -2.41. The van der Waals surface area contributed by atoms with Gasteiger partial charge in [-0.15, -0.1) is 11.3 Å². The van der Waals surface area contributed by atoms with Crippen molar-refractivity contribution in [2.75, 3.05) is 40.3 Å².